The smallest absolute Gasteiger partial charge is 0.219 e. The van der Waals surface area contributed by atoms with Gasteiger partial charge in [0, 0.05) is 0 Å². The summed E-state index contributed by atoms with van der Waals surface area (Å²) in [5, 5.41) is 3.18. The van der Waals surface area contributed by atoms with Crippen molar-refractivity contribution in [2.75, 3.05) is 13.6 Å². The van der Waals surface area contributed by atoms with E-state index in [4.69, 9.17) is 0 Å². The van der Waals surface area contributed by atoms with Crippen molar-refractivity contribution in [3.8, 4) is 0 Å². The molecule has 9 heavy (non-hydrogen) atoms. The van der Waals surface area contributed by atoms with Gasteiger partial charge in [-0.3, -0.25) is 4.72 Å². The van der Waals surface area contributed by atoms with Gasteiger partial charge in [0.2, 0.25) is 12.1 Å². The van der Waals surface area contributed by atoms with E-state index >= 15 is 0 Å². The summed E-state index contributed by atoms with van der Waals surface area (Å²) in [5.41, 5.74) is 1.20. The molecule has 52 valence electrons. The van der Waals surface area contributed by atoms with Crippen molar-refractivity contribution < 1.29 is 4.72 Å². The maximum atomic E-state index is 4.20. The van der Waals surface area contributed by atoms with E-state index in [0.717, 1.165) is 6.54 Å². The Kier molecular flexibility index (Phi) is 2.50. The van der Waals surface area contributed by atoms with Crippen LogP contribution in [0.3, 0.4) is 0 Å². The first-order valence-corrected chi connectivity index (χ1v) is 3.87. The molecule has 1 aliphatic rings. The maximum Gasteiger partial charge on any atom is 0.219 e. The summed E-state index contributed by atoms with van der Waals surface area (Å²) in [6.07, 6.45) is 0. The van der Waals surface area contributed by atoms with Crippen LogP contribution in [-0.4, -0.2) is 25.3 Å². The summed E-state index contributed by atoms with van der Waals surface area (Å²) in [6.45, 7) is 3.15. The minimum Gasteiger partial charge on any atom is -0.307 e. The number of nitrogens with two attached hydrogens (primary N) is 1. The standard InChI is InChI=1S/C5H11N3S/c1-4-5(6-2)3-7-9-8-4/h5-7H,3H2,1-2H3/p+1. The topological polar surface area (TPSA) is 41.0 Å². The van der Waals surface area contributed by atoms with E-state index in [2.05, 4.69) is 21.4 Å². The van der Waals surface area contributed by atoms with Crippen LogP contribution in [0.5, 0.6) is 0 Å². The van der Waals surface area contributed by atoms with Gasteiger partial charge in [-0.15, -0.1) is 0 Å². The van der Waals surface area contributed by atoms with Crippen LogP contribution in [0.25, 0.3) is 0 Å². The van der Waals surface area contributed by atoms with Crippen molar-refractivity contribution in [3.05, 3.63) is 0 Å². The molecule has 0 fully saturated rings. The summed E-state index contributed by atoms with van der Waals surface area (Å²) in [4.78, 5) is 0. The number of nitrogens with one attached hydrogen (secondary N) is 1. The van der Waals surface area contributed by atoms with E-state index in [1.54, 1.807) is 12.1 Å². The van der Waals surface area contributed by atoms with Crippen molar-refractivity contribution in [2.24, 2.45) is 4.40 Å². The van der Waals surface area contributed by atoms with Crippen molar-refractivity contribution >= 4 is 17.8 Å². The summed E-state index contributed by atoms with van der Waals surface area (Å²) in [7, 11) is 1.97. The van der Waals surface area contributed by atoms with Crippen LogP contribution in [0.2, 0.25) is 0 Å². The minimum atomic E-state index is 0.478. The molecule has 4 heteroatoms. The second-order valence-corrected chi connectivity index (χ2v) is 2.81. The lowest BCUT2D eigenvalue weighted by Crippen LogP contribution is -2.81. The second-order valence-electron chi connectivity index (χ2n) is 2.08. The molecule has 0 saturated carbocycles. The van der Waals surface area contributed by atoms with E-state index in [9.17, 15) is 0 Å². The molecule has 0 aliphatic carbocycles. The number of rotatable bonds is 1. The highest BCUT2D eigenvalue weighted by molar-refractivity contribution is 7.91. The van der Waals surface area contributed by atoms with Gasteiger partial charge in [0.25, 0.3) is 0 Å². The molecule has 1 unspecified atom stereocenters. The van der Waals surface area contributed by atoms with Gasteiger partial charge >= 0.3 is 0 Å². The summed E-state index contributed by atoms with van der Waals surface area (Å²) >= 11 is 1.55. The number of hydrogen-bond donors (Lipinski definition) is 2. The molecule has 1 atom stereocenters. The van der Waals surface area contributed by atoms with Crippen molar-refractivity contribution in [2.45, 2.75) is 13.0 Å². The normalized spacial score (nSPS) is 27.8. The minimum absolute atomic E-state index is 0.478. The molecule has 1 aliphatic heterocycles. The molecule has 0 amide bonds. The molecule has 0 radical (unpaired) electrons. The fourth-order valence-corrected chi connectivity index (χ4v) is 1.47. The SMILES string of the molecule is CNC1C[NH2+]SN=C1C. The van der Waals surface area contributed by atoms with Crippen LogP contribution in [0.1, 0.15) is 6.92 Å². The monoisotopic (exact) mass is 146 g/mol. The number of likely N-dealkylation sites (N-methyl/N-ethyl adjacent to an activating group) is 1. The number of hydrogen-bond acceptors (Lipinski definition) is 3. The third-order valence-corrected chi connectivity index (χ3v) is 2.19. The molecule has 1 rings (SSSR count). The highest BCUT2D eigenvalue weighted by atomic mass is 32.2. The molecule has 0 aromatic carbocycles. The highest BCUT2D eigenvalue weighted by Crippen LogP contribution is 1.97. The predicted molar refractivity (Wildman–Crippen MR) is 40.3 cm³/mol. The number of quaternary nitrogens is 1. The molecule has 0 bridgehead atoms. The van der Waals surface area contributed by atoms with Crippen LogP contribution < -0.4 is 10.0 Å². The van der Waals surface area contributed by atoms with Crippen molar-refractivity contribution in [1.29, 1.82) is 0 Å². The van der Waals surface area contributed by atoms with Gasteiger partial charge in [0.05, 0.1) is 11.8 Å². The fraction of sp³-hybridized carbons (Fsp3) is 0.800. The Morgan fingerprint density at radius 1 is 1.89 bits per heavy atom. The fourth-order valence-electron chi connectivity index (χ4n) is 0.821. The molecule has 1 heterocycles. The van der Waals surface area contributed by atoms with Crippen LogP contribution in [0.4, 0.5) is 0 Å². The van der Waals surface area contributed by atoms with Gasteiger partial charge in [-0.25, -0.2) is 0 Å². The van der Waals surface area contributed by atoms with E-state index in [1.165, 1.54) is 5.71 Å². The Bertz CT molecular complexity index is 123. The average molecular weight is 146 g/mol. The molecule has 0 aromatic heterocycles. The Labute approximate surface area is 59.6 Å². The Hall–Kier alpha value is -0.0600. The Morgan fingerprint density at radius 3 is 3.11 bits per heavy atom. The first kappa shape index (κ1) is 7.05. The van der Waals surface area contributed by atoms with E-state index in [0.29, 0.717) is 6.04 Å². The Balaban J connectivity index is 2.50. The lowest BCUT2D eigenvalue weighted by molar-refractivity contribution is -0.482. The summed E-state index contributed by atoms with van der Waals surface area (Å²) < 4.78 is 6.32. The largest absolute Gasteiger partial charge is 0.307 e. The maximum absolute atomic E-state index is 4.20. The van der Waals surface area contributed by atoms with E-state index in [-0.39, 0.29) is 0 Å². The lowest BCUT2D eigenvalue weighted by Gasteiger charge is -2.15. The first-order valence-electron chi connectivity index (χ1n) is 3.04. The molecule has 3 N–H and O–H groups in total. The number of nitrogens with zero attached hydrogens (tertiary/aromatic N) is 1. The third kappa shape index (κ3) is 1.67. The second kappa shape index (κ2) is 3.20. The zero-order valence-corrected chi connectivity index (χ0v) is 6.53. The zero-order chi connectivity index (χ0) is 6.69. The quantitative estimate of drug-likeness (QED) is 0.474. The van der Waals surface area contributed by atoms with Crippen molar-refractivity contribution in [1.82, 2.24) is 5.32 Å². The van der Waals surface area contributed by atoms with Gasteiger partial charge < -0.3 is 5.32 Å². The van der Waals surface area contributed by atoms with Crippen molar-refractivity contribution in [3.63, 3.8) is 0 Å². The summed E-state index contributed by atoms with van der Waals surface area (Å²) in [6, 6.07) is 0.478. The zero-order valence-electron chi connectivity index (χ0n) is 5.72. The van der Waals surface area contributed by atoms with Gasteiger partial charge in [0.15, 0.2) is 0 Å². The molecular weight excluding hydrogens is 134 g/mol. The summed E-state index contributed by atoms with van der Waals surface area (Å²) in [5.74, 6) is 0. The highest BCUT2D eigenvalue weighted by Gasteiger charge is 2.16. The Morgan fingerprint density at radius 2 is 2.67 bits per heavy atom. The van der Waals surface area contributed by atoms with Gasteiger partial charge in [-0.1, -0.05) is 0 Å². The van der Waals surface area contributed by atoms with Crippen LogP contribution in [-0.2, 0) is 0 Å². The van der Waals surface area contributed by atoms with E-state index in [1.807, 2.05) is 7.05 Å². The van der Waals surface area contributed by atoms with Gasteiger partial charge in [0.1, 0.15) is 6.54 Å². The molecule has 0 saturated heterocycles. The lowest BCUT2D eigenvalue weighted by atomic mass is 10.2. The van der Waals surface area contributed by atoms with Gasteiger partial charge in [-0.2, -0.15) is 4.40 Å². The first-order chi connectivity index (χ1) is 4.34. The average Bonchev–Trinajstić information content (AvgIpc) is 1.89. The van der Waals surface area contributed by atoms with Crippen LogP contribution in [0.15, 0.2) is 4.40 Å². The molecule has 0 aromatic rings. The van der Waals surface area contributed by atoms with E-state index < -0.39 is 0 Å². The van der Waals surface area contributed by atoms with Crippen LogP contribution in [0, 0.1) is 0 Å². The molecule has 3 nitrogen and oxygen atoms in total. The molecule has 0 spiro atoms. The third-order valence-electron chi connectivity index (χ3n) is 1.46. The predicted octanol–water partition coefficient (Wildman–Crippen LogP) is -0.824. The molecular formula is C5H12N3S+. The van der Waals surface area contributed by atoms with Crippen LogP contribution >= 0.6 is 12.1 Å². The van der Waals surface area contributed by atoms with Gasteiger partial charge in [-0.05, 0) is 14.0 Å².